The first kappa shape index (κ1) is 18.6. The van der Waals surface area contributed by atoms with Crippen molar-refractivity contribution in [3.05, 3.63) is 58.0 Å². The molecule has 28 heavy (non-hydrogen) atoms. The number of benzene rings is 2. The van der Waals surface area contributed by atoms with Crippen LogP contribution in [0.4, 0.5) is 11.4 Å². The fourth-order valence-corrected chi connectivity index (χ4v) is 3.55. The third-order valence-electron chi connectivity index (χ3n) is 4.40. The molecule has 0 bridgehead atoms. The number of anilines is 2. The fourth-order valence-electron chi connectivity index (χ4n) is 3.10. The van der Waals surface area contributed by atoms with Crippen LogP contribution in [0.2, 0.25) is 5.02 Å². The lowest BCUT2D eigenvalue weighted by Crippen LogP contribution is -2.43. The summed E-state index contributed by atoms with van der Waals surface area (Å²) in [6, 6.07) is 11.7. The van der Waals surface area contributed by atoms with Gasteiger partial charge in [-0.25, -0.2) is 4.90 Å². The first-order valence-electron chi connectivity index (χ1n) is 8.31. The Labute approximate surface area is 173 Å². The van der Waals surface area contributed by atoms with Gasteiger partial charge in [0, 0.05) is 4.47 Å². The molecular weight excluding hydrogens is 450 g/mol. The molecular formula is C18H13BrClN5O3. The molecule has 2 heterocycles. The molecule has 1 saturated heterocycles. The summed E-state index contributed by atoms with van der Waals surface area (Å²) in [5.74, 6) is -1.35. The average Bonchev–Trinajstić information content (AvgIpc) is 3.18. The van der Waals surface area contributed by atoms with E-state index in [0.29, 0.717) is 16.4 Å². The summed E-state index contributed by atoms with van der Waals surface area (Å²) < 4.78 is 0.827. The smallest absolute Gasteiger partial charge is 0.263 e. The van der Waals surface area contributed by atoms with E-state index >= 15 is 0 Å². The van der Waals surface area contributed by atoms with Crippen molar-refractivity contribution >= 4 is 56.6 Å². The molecule has 2 atom stereocenters. The van der Waals surface area contributed by atoms with E-state index in [1.807, 2.05) is 0 Å². The number of hydrogen-bond acceptors (Lipinski definition) is 6. The predicted molar refractivity (Wildman–Crippen MR) is 106 cm³/mol. The zero-order valence-corrected chi connectivity index (χ0v) is 16.6. The Kier molecular flexibility index (Phi) is 4.86. The van der Waals surface area contributed by atoms with Gasteiger partial charge in [-0.2, -0.15) is 5.11 Å². The Morgan fingerprint density at radius 2 is 1.82 bits per heavy atom. The number of carbonyl (C=O) groups excluding carboxylic acids is 3. The summed E-state index contributed by atoms with van der Waals surface area (Å²) in [7, 11) is 0. The predicted octanol–water partition coefficient (Wildman–Crippen LogP) is 3.03. The van der Waals surface area contributed by atoms with E-state index in [-0.39, 0.29) is 6.54 Å². The maximum atomic E-state index is 12.9. The second-order valence-corrected chi connectivity index (χ2v) is 7.53. The highest BCUT2D eigenvalue weighted by atomic mass is 79.9. The van der Waals surface area contributed by atoms with Crippen molar-refractivity contribution < 1.29 is 14.4 Å². The number of hydrogen-bond donors (Lipinski definition) is 1. The van der Waals surface area contributed by atoms with Crippen molar-refractivity contribution in [3.63, 3.8) is 0 Å². The first-order valence-corrected chi connectivity index (χ1v) is 9.48. The number of carbonyl (C=O) groups is 3. The van der Waals surface area contributed by atoms with Crippen LogP contribution < -0.4 is 10.2 Å². The average molecular weight is 463 g/mol. The SMILES string of the molecule is O=C(CN1N=NC2C(=O)N(c3ccc(Br)cc3)C(=O)C21)Nc1ccccc1Cl. The summed E-state index contributed by atoms with van der Waals surface area (Å²) in [6.45, 7) is -0.233. The normalized spacial score (nSPS) is 20.6. The van der Waals surface area contributed by atoms with Gasteiger partial charge in [-0.15, -0.1) is 0 Å². The van der Waals surface area contributed by atoms with Gasteiger partial charge in [-0.05, 0) is 36.4 Å². The molecule has 0 spiro atoms. The van der Waals surface area contributed by atoms with Crippen LogP contribution in [0.1, 0.15) is 0 Å². The van der Waals surface area contributed by atoms with Gasteiger partial charge in [0.25, 0.3) is 11.8 Å². The Morgan fingerprint density at radius 1 is 1.11 bits per heavy atom. The van der Waals surface area contributed by atoms with E-state index in [0.717, 1.165) is 9.37 Å². The van der Waals surface area contributed by atoms with E-state index in [2.05, 4.69) is 31.6 Å². The number of amides is 3. The van der Waals surface area contributed by atoms with Gasteiger partial charge in [0.2, 0.25) is 5.91 Å². The molecule has 142 valence electrons. The Morgan fingerprint density at radius 3 is 2.54 bits per heavy atom. The molecule has 1 fully saturated rings. The Balaban J connectivity index is 1.49. The summed E-state index contributed by atoms with van der Waals surface area (Å²) in [6.07, 6.45) is 0. The number of para-hydroxylation sites is 1. The lowest BCUT2D eigenvalue weighted by molar-refractivity contribution is -0.123. The van der Waals surface area contributed by atoms with Crippen LogP contribution in [0, 0.1) is 0 Å². The number of rotatable bonds is 4. The molecule has 2 aromatic rings. The molecule has 0 aliphatic carbocycles. The van der Waals surface area contributed by atoms with Gasteiger partial charge in [0.05, 0.1) is 16.4 Å². The molecule has 2 aliphatic heterocycles. The number of halogens is 2. The van der Waals surface area contributed by atoms with Crippen molar-refractivity contribution in [2.24, 2.45) is 10.3 Å². The van der Waals surface area contributed by atoms with Crippen LogP contribution in [0.5, 0.6) is 0 Å². The van der Waals surface area contributed by atoms with Crippen LogP contribution in [0.15, 0.2) is 63.3 Å². The largest absolute Gasteiger partial charge is 0.323 e. The van der Waals surface area contributed by atoms with Gasteiger partial charge in [-0.3, -0.25) is 19.4 Å². The van der Waals surface area contributed by atoms with Gasteiger partial charge in [0.1, 0.15) is 6.54 Å². The summed E-state index contributed by atoms with van der Waals surface area (Å²) >= 11 is 9.35. The van der Waals surface area contributed by atoms with Crippen molar-refractivity contribution in [2.75, 3.05) is 16.8 Å². The fraction of sp³-hybridized carbons (Fsp3) is 0.167. The van der Waals surface area contributed by atoms with E-state index in [1.165, 1.54) is 5.01 Å². The van der Waals surface area contributed by atoms with E-state index < -0.39 is 29.8 Å². The number of nitrogens with one attached hydrogen (secondary N) is 1. The quantitative estimate of drug-likeness (QED) is 0.707. The van der Waals surface area contributed by atoms with E-state index in [9.17, 15) is 14.4 Å². The standard InChI is InChI=1S/C18H13BrClN5O3/c19-10-5-7-11(8-6-10)25-17(27)15-16(18(25)28)24(23-22-15)9-14(26)21-13-4-2-1-3-12(13)20/h1-8,15-16H,9H2,(H,21,26). The highest BCUT2D eigenvalue weighted by Gasteiger charge is 2.55. The summed E-state index contributed by atoms with van der Waals surface area (Å²) in [5.41, 5.74) is 0.899. The van der Waals surface area contributed by atoms with Crippen LogP contribution in [0.3, 0.4) is 0 Å². The molecule has 0 saturated carbocycles. The van der Waals surface area contributed by atoms with Gasteiger partial charge >= 0.3 is 0 Å². The van der Waals surface area contributed by atoms with Gasteiger partial charge in [0.15, 0.2) is 12.1 Å². The maximum absolute atomic E-state index is 12.9. The Bertz CT molecular complexity index is 997. The lowest BCUT2D eigenvalue weighted by atomic mass is 10.1. The molecule has 2 aliphatic rings. The Hall–Kier alpha value is -2.78. The minimum absolute atomic E-state index is 0.233. The van der Waals surface area contributed by atoms with E-state index in [1.54, 1.807) is 48.5 Å². The zero-order chi connectivity index (χ0) is 19.8. The van der Waals surface area contributed by atoms with Crippen molar-refractivity contribution in [2.45, 2.75) is 12.1 Å². The monoisotopic (exact) mass is 461 g/mol. The molecule has 1 N–H and O–H groups in total. The van der Waals surface area contributed by atoms with E-state index in [4.69, 9.17) is 11.6 Å². The topological polar surface area (TPSA) is 94.4 Å². The number of imide groups is 1. The van der Waals surface area contributed by atoms with Crippen molar-refractivity contribution in [1.82, 2.24) is 5.01 Å². The molecule has 8 nitrogen and oxygen atoms in total. The molecule has 10 heteroatoms. The highest BCUT2D eigenvalue weighted by Crippen LogP contribution is 2.32. The lowest BCUT2D eigenvalue weighted by Gasteiger charge is -2.20. The summed E-state index contributed by atoms with van der Waals surface area (Å²) in [4.78, 5) is 39.0. The molecule has 0 radical (unpaired) electrons. The molecule has 0 aromatic heterocycles. The van der Waals surface area contributed by atoms with Crippen molar-refractivity contribution in [3.8, 4) is 0 Å². The molecule has 2 unspecified atom stereocenters. The second kappa shape index (κ2) is 7.33. The van der Waals surface area contributed by atoms with Gasteiger partial charge in [-0.1, -0.05) is 44.9 Å². The molecule has 3 amide bonds. The van der Waals surface area contributed by atoms with Gasteiger partial charge < -0.3 is 5.32 Å². The van der Waals surface area contributed by atoms with Crippen LogP contribution in [0.25, 0.3) is 0 Å². The molecule has 4 rings (SSSR count). The first-order chi connectivity index (χ1) is 13.5. The van der Waals surface area contributed by atoms with Crippen LogP contribution in [-0.2, 0) is 14.4 Å². The highest BCUT2D eigenvalue weighted by molar-refractivity contribution is 9.10. The third-order valence-corrected chi connectivity index (χ3v) is 5.25. The minimum atomic E-state index is -0.954. The molecule has 2 aromatic carbocycles. The van der Waals surface area contributed by atoms with Crippen LogP contribution >= 0.6 is 27.5 Å². The van der Waals surface area contributed by atoms with Crippen molar-refractivity contribution in [1.29, 1.82) is 0 Å². The van der Waals surface area contributed by atoms with Crippen LogP contribution in [-0.4, -0.2) is 41.4 Å². The second-order valence-electron chi connectivity index (χ2n) is 6.21. The maximum Gasteiger partial charge on any atom is 0.263 e. The third kappa shape index (κ3) is 3.27. The minimum Gasteiger partial charge on any atom is -0.323 e. The summed E-state index contributed by atoms with van der Waals surface area (Å²) in [5, 5.41) is 12.0. The zero-order valence-electron chi connectivity index (χ0n) is 14.3. The number of nitrogens with zero attached hydrogens (tertiary/aromatic N) is 4. The number of fused-ring (bicyclic) bond motifs is 1.